The predicted molar refractivity (Wildman–Crippen MR) is 152 cm³/mol. The summed E-state index contributed by atoms with van der Waals surface area (Å²) in [7, 11) is 0. The summed E-state index contributed by atoms with van der Waals surface area (Å²) >= 11 is 19.7. The van der Waals surface area contributed by atoms with Crippen LogP contribution >= 0.6 is 34.8 Å². The van der Waals surface area contributed by atoms with Gasteiger partial charge in [0.25, 0.3) is 0 Å². The number of ether oxygens (including phenoxy) is 1. The van der Waals surface area contributed by atoms with Gasteiger partial charge in [0, 0.05) is 29.7 Å². The molecule has 3 aromatic rings. The summed E-state index contributed by atoms with van der Waals surface area (Å²) in [6.07, 6.45) is 2.95. The normalized spacial score (nSPS) is 19.9. The zero-order valence-electron chi connectivity index (χ0n) is 21.8. The van der Waals surface area contributed by atoms with Crippen molar-refractivity contribution in [2.45, 2.75) is 44.3 Å². The molecule has 1 aliphatic carbocycles. The average molecular weight is 621 g/mol. The van der Waals surface area contributed by atoms with E-state index in [0.717, 1.165) is 29.7 Å². The third-order valence-electron chi connectivity index (χ3n) is 7.56. The summed E-state index contributed by atoms with van der Waals surface area (Å²) in [5.74, 6) is -1.23. The Labute approximate surface area is 250 Å². The molecule has 1 aromatic heterocycles. The molecule has 2 aliphatic heterocycles. The SMILES string of the molecule is Cc1cc(Cl)c(-c2noc(C3CC3)c2COc2ccc(C3(O)CN(C4=C(F)CC(C(=O)O)C=N4)C3)c(Cl)c2)c(Cl)c1. The fourth-order valence-corrected chi connectivity index (χ4v) is 6.37. The highest BCUT2D eigenvalue weighted by Gasteiger charge is 2.46. The van der Waals surface area contributed by atoms with Crippen LogP contribution in [-0.4, -0.2) is 45.5 Å². The molecule has 214 valence electrons. The number of nitrogens with zero attached hydrogens (tertiary/aromatic N) is 3. The van der Waals surface area contributed by atoms with E-state index in [9.17, 15) is 14.3 Å². The molecule has 1 saturated carbocycles. The highest BCUT2D eigenvalue weighted by atomic mass is 35.5. The van der Waals surface area contributed by atoms with Crippen molar-refractivity contribution in [1.29, 1.82) is 0 Å². The molecule has 2 fully saturated rings. The van der Waals surface area contributed by atoms with Gasteiger partial charge in [-0.2, -0.15) is 0 Å². The summed E-state index contributed by atoms with van der Waals surface area (Å²) in [6.45, 7) is 2.15. The van der Waals surface area contributed by atoms with Gasteiger partial charge in [-0.3, -0.25) is 4.79 Å². The Bertz CT molecular complexity index is 1590. The monoisotopic (exact) mass is 619 g/mol. The second-order valence-corrected chi connectivity index (χ2v) is 11.9. The Kier molecular flexibility index (Phi) is 7.26. The third kappa shape index (κ3) is 5.32. The highest BCUT2D eigenvalue weighted by Crippen LogP contribution is 2.47. The number of carboxylic acid groups (broad SMARTS) is 1. The molecule has 3 aliphatic rings. The first-order valence-electron chi connectivity index (χ1n) is 13.0. The zero-order valence-corrected chi connectivity index (χ0v) is 24.1. The number of aromatic nitrogens is 1. The first-order valence-corrected chi connectivity index (χ1v) is 14.2. The standard InChI is InChI=1S/C29H25Cl3FN3O5/c1-14-6-21(31)24(22(32)7-14)25-18(26(41-35-25)15-2-3-15)11-40-17-4-5-19(20(30)9-17)29(39)12-36(13-29)27-23(33)8-16(10-34-27)28(37)38/h4-7,9-10,15-16,39H,2-3,8,11-13H2,1H3,(H,37,38). The summed E-state index contributed by atoms with van der Waals surface area (Å²) in [5.41, 5.74) is 1.96. The maximum atomic E-state index is 14.5. The molecule has 41 heavy (non-hydrogen) atoms. The fourth-order valence-electron chi connectivity index (χ4n) is 5.25. The number of carbonyl (C=O) groups is 1. The van der Waals surface area contributed by atoms with Crippen molar-refractivity contribution in [2.75, 3.05) is 13.1 Å². The lowest BCUT2D eigenvalue weighted by atomic mass is 9.85. The molecule has 0 radical (unpaired) electrons. The second-order valence-electron chi connectivity index (χ2n) is 10.7. The number of halogens is 4. The molecule has 0 bridgehead atoms. The van der Waals surface area contributed by atoms with Gasteiger partial charge >= 0.3 is 5.97 Å². The lowest BCUT2D eigenvalue weighted by Crippen LogP contribution is -2.58. The van der Waals surface area contributed by atoms with E-state index in [4.69, 9.17) is 49.2 Å². The minimum Gasteiger partial charge on any atom is -0.489 e. The van der Waals surface area contributed by atoms with Gasteiger partial charge in [-0.05, 0) is 49.6 Å². The van der Waals surface area contributed by atoms with Crippen molar-refractivity contribution in [1.82, 2.24) is 10.1 Å². The van der Waals surface area contributed by atoms with Crippen molar-refractivity contribution >= 4 is 47.0 Å². The molecule has 1 atom stereocenters. The molecule has 2 aromatic carbocycles. The fraction of sp³-hybridized carbons (Fsp3) is 0.345. The van der Waals surface area contributed by atoms with E-state index in [1.165, 1.54) is 6.21 Å². The van der Waals surface area contributed by atoms with Gasteiger partial charge in [0.05, 0.1) is 39.6 Å². The Balaban J connectivity index is 1.18. The van der Waals surface area contributed by atoms with Crippen molar-refractivity contribution in [2.24, 2.45) is 10.9 Å². The van der Waals surface area contributed by atoms with Crippen LogP contribution in [0.2, 0.25) is 15.1 Å². The Morgan fingerprint density at radius 1 is 1.17 bits per heavy atom. The highest BCUT2D eigenvalue weighted by molar-refractivity contribution is 6.39. The molecule has 1 saturated heterocycles. The Morgan fingerprint density at radius 2 is 1.88 bits per heavy atom. The number of aryl methyl sites for hydroxylation is 1. The van der Waals surface area contributed by atoms with Crippen LogP contribution in [-0.2, 0) is 17.0 Å². The topological polar surface area (TPSA) is 108 Å². The number of likely N-dealkylation sites (tertiary alicyclic amines) is 1. The Morgan fingerprint density at radius 3 is 2.49 bits per heavy atom. The molecule has 3 heterocycles. The molecular weight excluding hydrogens is 596 g/mol. The van der Waals surface area contributed by atoms with E-state index in [1.54, 1.807) is 23.1 Å². The lowest BCUT2D eigenvalue weighted by molar-refractivity contribution is -0.139. The average Bonchev–Trinajstić information content (AvgIpc) is 3.65. The number of aliphatic hydroxyl groups is 1. The first kappa shape index (κ1) is 28.0. The van der Waals surface area contributed by atoms with Gasteiger partial charge in [0.1, 0.15) is 35.2 Å². The Hall–Kier alpha value is -3.11. The smallest absolute Gasteiger partial charge is 0.312 e. The maximum absolute atomic E-state index is 14.5. The van der Waals surface area contributed by atoms with E-state index in [1.807, 2.05) is 19.1 Å². The van der Waals surface area contributed by atoms with E-state index in [0.29, 0.717) is 32.6 Å². The molecule has 1 unspecified atom stereocenters. The molecule has 8 nitrogen and oxygen atoms in total. The minimum atomic E-state index is -1.33. The molecule has 0 spiro atoms. The van der Waals surface area contributed by atoms with Crippen LogP contribution in [0.1, 0.15) is 47.6 Å². The maximum Gasteiger partial charge on any atom is 0.312 e. The van der Waals surface area contributed by atoms with Crippen LogP contribution < -0.4 is 4.74 Å². The van der Waals surface area contributed by atoms with Crippen molar-refractivity contribution < 1.29 is 28.7 Å². The van der Waals surface area contributed by atoms with E-state index in [2.05, 4.69) is 10.1 Å². The summed E-state index contributed by atoms with van der Waals surface area (Å²) in [6, 6.07) is 8.63. The van der Waals surface area contributed by atoms with Crippen LogP contribution in [0.5, 0.6) is 5.75 Å². The number of aliphatic imine (C=N–C) groups is 1. The van der Waals surface area contributed by atoms with Crippen LogP contribution in [0.3, 0.4) is 0 Å². The summed E-state index contributed by atoms with van der Waals surface area (Å²) < 4.78 is 26.3. The largest absolute Gasteiger partial charge is 0.489 e. The number of carboxylic acids is 1. The molecule has 12 heteroatoms. The van der Waals surface area contributed by atoms with Crippen molar-refractivity contribution in [3.05, 3.63) is 79.5 Å². The minimum absolute atomic E-state index is 0.0352. The number of rotatable bonds is 8. The second kappa shape index (κ2) is 10.6. The first-order chi connectivity index (χ1) is 19.5. The van der Waals surface area contributed by atoms with E-state index < -0.39 is 23.3 Å². The molecule has 6 rings (SSSR count). The summed E-state index contributed by atoms with van der Waals surface area (Å²) in [4.78, 5) is 16.7. The van der Waals surface area contributed by atoms with Gasteiger partial charge in [0.2, 0.25) is 0 Å². The number of hydrogen-bond acceptors (Lipinski definition) is 7. The number of benzene rings is 2. The molecule has 0 amide bonds. The van der Waals surface area contributed by atoms with Crippen LogP contribution in [0.4, 0.5) is 4.39 Å². The number of aliphatic carboxylic acids is 1. The lowest BCUT2D eigenvalue weighted by Gasteiger charge is -2.48. The van der Waals surface area contributed by atoms with Crippen molar-refractivity contribution in [3.63, 3.8) is 0 Å². The van der Waals surface area contributed by atoms with Gasteiger partial charge in [-0.25, -0.2) is 9.38 Å². The van der Waals surface area contributed by atoms with Crippen LogP contribution in [0.15, 0.2) is 51.5 Å². The van der Waals surface area contributed by atoms with Gasteiger partial charge in [0.15, 0.2) is 5.82 Å². The molecule has 2 N–H and O–H groups in total. The number of β-amino-alcohol motifs (C(OH)–C–C–N with tert-alkyl or cyclic N) is 1. The van der Waals surface area contributed by atoms with Crippen molar-refractivity contribution in [3.8, 4) is 17.0 Å². The third-order valence-corrected chi connectivity index (χ3v) is 8.46. The summed E-state index contributed by atoms with van der Waals surface area (Å²) in [5, 5.41) is 25.8. The van der Waals surface area contributed by atoms with E-state index in [-0.39, 0.29) is 42.9 Å². The van der Waals surface area contributed by atoms with E-state index >= 15 is 0 Å². The van der Waals surface area contributed by atoms with Gasteiger partial charge in [-0.15, -0.1) is 0 Å². The van der Waals surface area contributed by atoms with Gasteiger partial charge < -0.3 is 24.4 Å². The van der Waals surface area contributed by atoms with Crippen LogP contribution in [0.25, 0.3) is 11.3 Å². The zero-order chi connectivity index (χ0) is 29.1. The quantitative estimate of drug-likeness (QED) is 0.283. The molecular formula is C29H25Cl3FN3O5. The number of hydrogen-bond donors (Lipinski definition) is 2. The van der Waals surface area contributed by atoms with Crippen LogP contribution in [0, 0.1) is 12.8 Å². The number of allylic oxidation sites excluding steroid dienone is 1. The predicted octanol–water partition coefficient (Wildman–Crippen LogP) is 6.88. The van der Waals surface area contributed by atoms with Gasteiger partial charge in [-0.1, -0.05) is 46.0 Å².